The van der Waals surface area contributed by atoms with Crippen LogP contribution in [0.4, 0.5) is 17.3 Å². The largest absolute Gasteiger partial charge is 0.497 e. The molecule has 3 N–H and O–H groups in total. The van der Waals surface area contributed by atoms with Gasteiger partial charge in [-0.1, -0.05) is 11.2 Å². The molecule has 2 aromatic heterocycles. The van der Waals surface area contributed by atoms with Crippen LogP contribution in [0, 0.1) is 0 Å². The Labute approximate surface area is 109 Å². The van der Waals surface area contributed by atoms with Gasteiger partial charge in [-0.15, -0.1) is 0 Å². The summed E-state index contributed by atoms with van der Waals surface area (Å²) in [5.41, 5.74) is 6.92. The fourth-order valence-corrected chi connectivity index (χ4v) is 1.76. The topological polar surface area (TPSA) is 86.2 Å². The minimum absolute atomic E-state index is 0.343. The number of methoxy groups -OCH3 is 1. The van der Waals surface area contributed by atoms with Crippen LogP contribution in [-0.2, 0) is 0 Å². The van der Waals surface area contributed by atoms with Crippen LogP contribution in [0.1, 0.15) is 0 Å². The molecule has 0 saturated carbocycles. The molecule has 0 unspecified atom stereocenters. The third kappa shape index (κ3) is 2.15. The predicted molar refractivity (Wildman–Crippen MR) is 72.5 cm³/mol. The summed E-state index contributed by atoms with van der Waals surface area (Å²) in [5, 5.41) is 7.53. The van der Waals surface area contributed by atoms with Gasteiger partial charge in [0.25, 0.3) is 5.71 Å². The molecule has 6 heteroatoms. The van der Waals surface area contributed by atoms with Crippen molar-refractivity contribution >= 4 is 28.4 Å². The molecule has 0 aliphatic rings. The van der Waals surface area contributed by atoms with Gasteiger partial charge in [0.05, 0.1) is 12.5 Å². The van der Waals surface area contributed by atoms with Crippen LogP contribution in [0.3, 0.4) is 0 Å². The van der Waals surface area contributed by atoms with Crippen molar-refractivity contribution in [2.24, 2.45) is 0 Å². The molecular weight excluding hydrogens is 244 g/mol. The van der Waals surface area contributed by atoms with E-state index in [0.717, 1.165) is 11.4 Å². The highest BCUT2D eigenvalue weighted by Gasteiger charge is 2.07. The third-order valence-electron chi connectivity index (χ3n) is 2.71. The van der Waals surface area contributed by atoms with Crippen molar-refractivity contribution in [2.45, 2.75) is 0 Å². The number of nitrogens with one attached hydrogen (secondary N) is 1. The van der Waals surface area contributed by atoms with E-state index in [1.807, 2.05) is 36.4 Å². The molecule has 19 heavy (non-hydrogen) atoms. The Hall–Kier alpha value is -2.76. The number of hydrogen-bond acceptors (Lipinski definition) is 6. The average Bonchev–Trinajstić information content (AvgIpc) is 2.80. The molecule has 1 aromatic carbocycles. The second-order valence-electron chi connectivity index (χ2n) is 3.97. The van der Waals surface area contributed by atoms with Gasteiger partial charge < -0.3 is 20.3 Å². The summed E-state index contributed by atoms with van der Waals surface area (Å²) in [4.78, 5) is 4.29. The summed E-state index contributed by atoms with van der Waals surface area (Å²) in [6, 6.07) is 11.2. The highest BCUT2D eigenvalue weighted by molar-refractivity contribution is 5.85. The number of rotatable bonds is 3. The lowest BCUT2D eigenvalue weighted by molar-refractivity contribution is 0.415. The minimum Gasteiger partial charge on any atom is -0.497 e. The van der Waals surface area contributed by atoms with Crippen molar-refractivity contribution in [3.05, 3.63) is 36.4 Å². The van der Waals surface area contributed by atoms with E-state index in [0.29, 0.717) is 22.7 Å². The molecule has 3 rings (SSSR count). The van der Waals surface area contributed by atoms with Gasteiger partial charge in [-0.05, 0) is 24.3 Å². The Morgan fingerprint density at radius 3 is 3.00 bits per heavy atom. The lowest BCUT2D eigenvalue weighted by atomic mass is 10.3. The van der Waals surface area contributed by atoms with Gasteiger partial charge in [0.1, 0.15) is 11.6 Å². The Morgan fingerprint density at radius 2 is 2.16 bits per heavy atom. The molecule has 2 heterocycles. The minimum atomic E-state index is 0.343. The van der Waals surface area contributed by atoms with Crippen molar-refractivity contribution in [3.8, 4) is 5.75 Å². The number of fused-ring (bicyclic) bond motifs is 1. The Morgan fingerprint density at radius 1 is 1.26 bits per heavy atom. The lowest BCUT2D eigenvalue weighted by Crippen LogP contribution is -1.94. The van der Waals surface area contributed by atoms with E-state index < -0.39 is 0 Å². The summed E-state index contributed by atoms with van der Waals surface area (Å²) in [7, 11) is 1.63. The molecule has 0 spiro atoms. The van der Waals surface area contributed by atoms with Gasteiger partial charge in [0.2, 0.25) is 0 Å². The van der Waals surface area contributed by atoms with Crippen molar-refractivity contribution in [2.75, 3.05) is 18.2 Å². The molecule has 0 saturated heterocycles. The number of nitrogens with two attached hydrogens (primary N) is 1. The van der Waals surface area contributed by atoms with E-state index in [1.54, 1.807) is 7.11 Å². The van der Waals surface area contributed by atoms with Gasteiger partial charge in [-0.2, -0.15) is 4.98 Å². The van der Waals surface area contributed by atoms with E-state index in [2.05, 4.69) is 15.5 Å². The fourth-order valence-electron chi connectivity index (χ4n) is 1.76. The highest BCUT2D eigenvalue weighted by Crippen LogP contribution is 2.24. The number of anilines is 3. The van der Waals surface area contributed by atoms with Crippen LogP contribution in [0.15, 0.2) is 40.9 Å². The molecule has 0 aliphatic carbocycles. The van der Waals surface area contributed by atoms with E-state index in [-0.39, 0.29) is 0 Å². The number of ether oxygens (including phenoxy) is 1. The number of benzene rings is 1. The lowest BCUT2D eigenvalue weighted by Gasteiger charge is -2.06. The first-order valence-electron chi connectivity index (χ1n) is 5.69. The summed E-state index contributed by atoms with van der Waals surface area (Å²) in [6.07, 6.45) is 0. The highest BCUT2D eigenvalue weighted by atomic mass is 16.5. The zero-order valence-corrected chi connectivity index (χ0v) is 10.3. The molecule has 6 nitrogen and oxygen atoms in total. The Kier molecular flexibility index (Phi) is 2.68. The van der Waals surface area contributed by atoms with Gasteiger partial charge in [-0.3, -0.25) is 0 Å². The molecule has 3 aromatic rings. The van der Waals surface area contributed by atoms with Crippen molar-refractivity contribution in [3.63, 3.8) is 0 Å². The molecule has 0 aliphatic heterocycles. The van der Waals surface area contributed by atoms with Gasteiger partial charge in [-0.25, -0.2) is 0 Å². The smallest absolute Gasteiger partial charge is 0.261 e. The Bertz CT molecular complexity index is 723. The molecule has 0 fully saturated rings. The van der Waals surface area contributed by atoms with Gasteiger partial charge in [0, 0.05) is 11.8 Å². The molecule has 0 bridgehead atoms. The van der Waals surface area contributed by atoms with Crippen LogP contribution >= 0.6 is 0 Å². The zero-order chi connectivity index (χ0) is 13.2. The fraction of sp³-hybridized carbons (Fsp3) is 0.0769. The standard InChI is InChI=1S/C13H12N4O2/c1-18-9-4-2-3-8(7-9)15-11-6-5-10-12(14)17-19-13(10)16-11/h2-7H,1H3,(H2,14,17)(H,15,16). The maximum absolute atomic E-state index is 5.63. The predicted octanol–water partition coefficient (Wildman–Crippen LogP) is 2.56. The number of nitrogen functional groups attached to an aromatic ring is 1. The number of nitrogens with zero attached hydrogens (tertiary/aromatic N) is 2. The van der Waals surface area contributed by atoms with Crippen LogP contribution in [0.25, 0.3) is 11.1 Å². The molecule has 0 radical (unpaired) electrons. The average molecular weight is 256 g/mol. The maximum Gasteiger partial charge on any atom is 0.261 e. The van der Waals surface area contributed by atoms with E-state index in [4.69, 9.17) is 15.0 Å². The van der Waals surface area contributed by atoms with Crippen molar-refractivity contribution < 1.29 is 9.26 Å². The molecule has 0 atom stereocenters. The maximum atomic E-state index is 5.63. The molecular formula is C13H12N4O2. The van der Waals surface area contributed by atoms with Gasteiger partial charge >= 0.3 is 0 Å². The summed E-state index contributed by atoms with van der Waals surface area (Å²) in [6.45, 7) is 0. The number of aromatic nitrogens is 2. The second kappa shape index (κ2) is 4.49. The van der Waals surface area contributed by atoms with Crippen molar-refractivity contribution in [1.29, 1.82) is 0 Å². The molecule has 96 valence electrons. The number of hydrogen-bond donors (Lipinski definition) is 2. The quantitative estimate of drug-likeness (QED) is 0.749. The number of pyridine rings is 1. The van der Waals surface area contributed by atoms with Crippen LogP contribution in [0.5, 0.6) is 5.75 Å². The summed E-state index contributed by atoms with van der Waals surface area (Å²) < 4.78 is 10.2. The summed E-state index contributed by atoms with van der Waals surface area (Å²) in [5.74, 6) is 1.77. The summed E-state index contributed by atoms with van der Waals surface area (Å²) >= 11 is 0. The van der Waals surface area contributed by atoms with Crippen LogP contribution < -0.4 is 15.8 Å². The molecule has 0 amide bonds. The third-order valence-corrected chi connectivity index (χ3v) is 2.71. The Balaban J connectivity index is 1.91. The monoisotopic (exact) mass is 256 g/mol. The van der Waals surface area contributed by atoms with Crippen LogP contribution in [0.2, 0.25) is 0 Å². The van der Waals surface area contributed by atoms with Gasteiger partial charge in [0.15, 0.2) is 5.82 Å². The zero-order valence-electron chi connectivity index (χ0n) is 10.3. The second-order valence-corrected chi connectivity index (χ2v) is 3.97. The van der Waals surface area contributed by atoms with Crippen molar-refractivity contribution in [1.82, 2.24) is 10.1 Å². The van der Waals surface area contributed by atoms with E-state index in [9.17, 15) is 0 Å². The SMILES string of the molecule is COc1cccc(Nc2ccc3c(N)noc3n2)c1. The first-order valence-corrected chi connectivity index (χ1v) is 5.69. The normalized spacial score (nSPS) is 10.6. The first-order chi connectivity index (χ1) is 9.26. The van der Waals surface area contributed by atoms with Crippen LogP contribution in [-0.4, -0.2) is 17.3 Å². The first kappa shape index (κ1) is 11.3. The van der Waals surface area contributed by atoms with E-state index >= 15 is 0 Å². The van der Waals surface area contributed by atoms with E-state index in [1.165, 1.54) is 0 Å².